The molecule has 0 fully saturated rings. The number of carbonyl (C=O) groups excluding carboxylic acids is 1. The molecule has 0 saturated heterocycles. The van der Waals surface area contributed by atoms with Gasteiger partial charge in [0.25, 0.3) is 12.3 Å². The first-order valence-electron chi connectivity index (χ1n) is 8.01. The molecule has 1 aliphatic heterocycles. The van der Waals surface area contributed by atoms with Gasteiger partial charge in [0.15, 0.2) is 11.4 Å². The van der Waals surface area contributed by atoms with Crippen LogP contribution in [0.5, 0.6) is 5.75 Å². The number of alkyl halides is 2. The summed E-state index contributed by atoms with van der Waals surface area (Å²) >= 11 is 0. The fourth-order valence-electron chi connectivity index (χ4n) is 2.83. The zero-order chi connectivity index (χ0) is 17.8. The SMILES string of the molecule is O=C(c1ncc2ccccc2c1O)N(CC(F)F)CC1CCC=CO1. The molecule has 132 valence electrons. The van der Waals surface area contributed by atoms with Crippen LogP contribution in [0.25, 0.3) is 10.8 Å². The highest BCUT2D eigenvalue weighted by molar-refractivity contribution is 6.01. The maximum absolute atomic E-state index is 12.9. The van der Waals surface area contributed by atoms with Crippen molar-refractivity contribution in [3.63, 3.8) is 0 Å². The van der Waals surface area contributed by atoms with Gasteiger partial charge in [0.05, 0.1) is 19.4 Å². The lowest BCUT2D eigenvalue weighted by Crippen LogP contribution is -2.41. The first-order chi connectivity index (χ1) is 12.1. The Morgan fingerprint density at radius 3 is 2.92 bits per heavy atom. The van der Waals surface area contributed by atoms with Gasteiger partial charge in [0, 0.05) is 17.0 Å². The molecule has 1 aliphatic rings. The lowest BCUT2D eigenvalue weighted by Gasteiger charge is -2.28. The molecule has 1 aromatic heterocycles. The number of amides is 1. The van der Waals surface area contributed by atoms with Crippen molar-refractivity contribution in [2.75, 3.05) is 13.1 Å². The van der Waals surface area contributed by atoms with Crippen LogP contribution in [-0.2, 0) is 4.74 Å². The third kappa shape index (κ3) is 3.87. The number of rotatable bonds is 5. The van der Waals surface area contributed by atoms with Crippen molar-refractivity contribution in [1.29, 1.82) is 0 Å². The van der Waals surface area contributed by atoms with Crippen LogP contribution in [0.3, 0.4) is 0 Å². The molecule has 0 spiro atoms. The van der Waals surface area contributed by atoms with Crippen molar-refractivity contribution >= 4 is 16.7 Å². The molecule has 0 aliphatic carbocycles. The summed E-state index contributed by atoms with van der Waals surface area (Å²) < 4.78 is 31.2. The monoisotopic (exact) mass is 348 g/mol. The van der Waals surface area contributed by atoms with Crippen molar-refractivity contribution in [3.05, 3.63) is 48.5 Å². The highest BCUT2D eigenvalue weighted by atomic mass is 19.3. The predicted molar refractivity (Wildman–Crippen MR) is 88.6 cm³/mol. The zero-order valence-electron chi connectivity index (χ0n) is 13.4. The van der Waals surface area contributed by atoms with Gasteiger partial charge in [-0.2, -0.15) is 0 Å². The number of fused-ring (bicyclic) bond motifs is 1. The van der Waals surface area contributed by atoms with Gasteiger partial charge < -0.3 is 14.7 Å². The second-order valence-corrected chi connectivity index (χ2v) is 5.85. The fraction of sp³-hybridized carbons (Fsp3) is 0.333. The average Bonchev–Trinajstić information content (AvgIpc) is 2.62. The molecule has 5 nitrogen and oxygen atoms in total. The van der Waals surface area contributed by atoms with Gasteiger partial charge in [0.2, 0.25) is 0 Å². The van der Waals surface area contributed by atoms with E-state index in [1.54, 1.807) is 24.3 Å². The number of aromatic hydroxyl groups is 1. The van der Waals surface area contributed by atoms with Gasteiger partial charge >= 0.3 is 0 Å². The maximum atomic E-state index is 12.9. The molecule has 1 N–H and O–H groups in total. The largest absolute Gasteiger partial charge is 0.505 e. The van der Waals surface area contributed by atoms with Gasteiger partial charge in [0.1, 0.15) is 6.10 Å². The van der Waals surface area contributed by atoms with Crippen LogP contribution in [0.2, 0.25) is 0 Å². The van der Waals surface area contributed by atoms with Crippen LogP contribution in [0.1, 0.15) is 23.3 Å². The van der Waals surface area contributed by atoms with Crippen LogP contribution >= 0.6 is 0 Å². The van der Waals surface area contributed by atoms with E-state index in [1.807, 2.05) is 6.08 Å². The predicted octanol–water partition coefficient (Wildman–Crippen LogP) is 3.34. The van der Waals surface area contributed by atoms with Crippen LogP contribution in [0.4, 0.5) is 8.78 Å². The Morgan fingerprint density at radius 1 is 1.40 bits per heavy atom. The van der Waals surface area contributed by atoms with E-state index in [0.29, 0.717) is 17.2 Å². The van der Waals surface area contributed by atoms with Gasteiger partial charge in [-0.05, 0) is 18.9 Å². The molecule has 2 aromatic rings. The van der Waals surface area contributed by atoms with E-state index in [-0.39, 0.29) is 24.1 Å². The summed E-state index contributed by atoms with van der Waals surface area (Å²) in [5, 5.41) is 11.5. The molecule has 0 saturated carbocycles. The van der Waals surface area contributed by atoms with E-state index < -0.39 is 18.9 Å². The number of halogens is 2. The minimum atomic E-state index is -2.69. The summed E-state index contributed by atoms with van der Waals surface area (Å²) in [7, 11) is 0. The maximum Gasteiger partial charge on any atom is 0.276 e. The highest BCUT2D eigenvalue weighted by Gasteiger charge is 2.27. The molecule has 2 heterocycles. The van der Waals surface area contributed by atoms with E-state index in [2.05, 4.69) is 4.98 Å². The molecule has 1 atom stereocenters. The van der Waals surface area contributed by atoms with Gasteiger partial charge in [-0.1, -0.05) is 24.3 Å². The van der Waals surface area contributed by atoms with Gasteiger partial charge in [-0.15, -0.1) is 0 Å². The van der Waals surface area contributed by atoms with E-state index in [0.717, 1.165) is 11.3 Å². The lowest BCUT2D eigenvalue weighted by atomic mass is 10.1. The standard InChI is InChI=1S/C18H18F2N2O3/c19-15(20)11-22(10-13-6-3-4-8-25-13)18(24)16-17(23)14-7-2-1-5-12(14)9-21-16/h1-2,4-5,7-9,13,15,23H,3,6,10-11H2. The summed E-state index contributed by atoms with van der Waals surface area (Å²) in [4.78, 5) is 17.7. The van der Waals surface area contributed by atoms with Gasteiger partial charge in [-0.25, -0.2) is 13.8 Å². The number of carbonyl (C=O) groups is 1. The quantitative estimate of drug-likeness (QED) is 0.900. The molecule has 25 heavy (non-hydrogen) atoms. The van der Waals surface area contributed by atoms with Crippen molar-refractivity contribution in [2.24, 2.45) is 0 Å². The first kappa shape index (κ1) is 17.1. The lowest BCUT2D eigenvalue weighted by molar-refractivity contribution is 0.0317. The Kier molecular flexibility index (Phi) is 5.11. The van der Waals surface area contributed by atoms with Crippen molar-refractivity contribution < 1.29 is 23.4 Å². The van der Waals surface area contributed by atoms with Crippen molar-refractivity contribution in [3.8, 4) is 5.75 Å². The number of nitrogens with zero attached hydrogens (tertiary/aromatic N) is 2. The van der Waals surface area contributed by atoms with E-state index in [9.17, 15) is 18.7 Å². The fourth-order valence-corrected chi connectivity index (χ4v) is 2.83. The molecule has 3 rings (SSSR count). The number of pyridine rings is 1. The second kappa shape index (κ2) is 7.46. The number of hydrogen-bond acceptors (Lipinski definition) is 4. The number of ether oxygens (including phenoxy) is 1. The van der Waals surface area contributed by atoms with Gasteiger partial charge in [-0.3, -0.25) is 4.79 Å². The van der Waals surface area contributed by atoms with E-state index >= 15 is 0 Å². The van der Waals surface area contributed by atoms with Crippen molar-refractivity contribution in [2.45, 2.75) is 25.4 Å². The third-order valence-corrected chi connectivity index (χ3v) is 4.07. The summed E-state index contributed by atoms with van der Waals surface area (Å²) in [6.45, 7) is -0.724. The Balaban J connectivity index is 1.88. The Labute approximate surface area is 143 Å². The molecule has 7 heteroatoms. The Bertz CT molecular complexity index is 795. The Hall–Kier alpha value is -2.70. The number of allylic oxidation sites excluding steroid dienone is 1. The summed E-state index contributed by atoms with van der Waals surface area (Å²) in [6.07, 6.45) is 3.17. The third-order valence-electron chi connectivity index (χ3n) is 4.07. The summed E-state index contributed by atoms with van der Waals surface area (Å²) in [5.41, 5.74) is -0.231. The molecular weight excluding hydrogens is 330 g/mol. The topological polar surface area (TPSA) is 62.7 Å². The molecule has 0 radical (unpaired) electrons. The molecule has 1 aromatic carbocycles. The minimum Gasteiger partial charge on any atom is -0.505 e. The summed E-state index contributed by atoms with van der Waals surface area (Å²) in [5.74, 6) is -1.03. The number of hydrogen-bond donors (Lipinski definition) is 1. The molecule has 1 unspecified atom stereocenters. The molecular formula is C18H18F2N2O3. The first-order valence-corrected chi connectivity index (χ1v) is 8.01. The molecule has 1 amide bonds. The van der Waals surface area contributed by atoms with E-state index in [1.165, 1.54) is 12.5 Å². The normalized spacial score (nSPS) is 16.8. The zero-order valence-corrected chi connectivity index (χ0v) is 13.4. The van der Waals surface area contributed by atoms with Crippen LogP contribution in [-0.4, -0.2) is 46.5 Å². The smallest absolute Gasteiger partial charge is 0.276 e. The number of benzene rings is 1. The molecule has 0 bridgehead atoms. The Morgan fingerprint density at radius 2 is 2.20 bits per heavy atom. The average molecular weight is 348 g/mol. The summed E-state index contributed by atoms with van der Waals surface area (Å²) in [6, 6.07) is 6.89. The van der Waals surface area contributed by atoms with E-state index in [4.69, 9.17) is 4.74 Å². The highest BCUT2D eigenvalue weighted by Crippen LogP contribution is 2.28. The second-order valence-electron chi connectivity index (χ2n) is 5.85. The van der Waals surface area contributed by atoms with Crippen LogP contribution in [0, 0.1) is 0 Å². The van der Waals surface area contributed by atoms with Crippen LogP contribution in [0.15, 0.2) is 42.8 Å². The van der Waals surface area contributed by atoms with Crippen molar-refractivity contribution in [1.82, 2.24) is 9.88 Å². The number of aromatic nitrogens is 1. The van der Waals surface area contributed by atoms with Crippen LogP contribution < -0.4 is 0 Å². The minimum absolute atomic E-state index is 0.0153.